The lowest BCUT2D eigenvalue weighted by molar-refractivity contribution is -0.143. The molecule has 0 unspecified atom stereocenters. The molecule has 318 valence electrons. The van der Waals surface area contributed by atoms with Crippen molar-refractivity contribution in [3.05, 3.63) is 54.1 Å². The maximum Gasteiger partial charge on any atom is 0.408 e. The molecule has 1 aromatic heterocycles. The number of hydrogen-bond donors (Lipinski definition) is 3. The summed E-state index contributed by atoms with van der Waals surface area (Å²) >= 11 is 0. The fourth-order valence-corrected chi connectivity index (χ4v) is 9.77. The standard InChI is InChI=1S/C43H57N7O8S/c1-8-29-24-43(29,39(53)48-59(55,56)32-19-20-32)45-37(51)33-23-30-25-49(33)38(52)36(41(2,3)4)44-40(54)58-42(5,6)21-10-9-12-26-13-11-14-28(22-26)35-34(46-50(30)47-35)27-15-17-31(57-7)18-16-27/h11,13-18,22,29-30,32-33,36H,8-10,12,19-21,23-25H2,1-7H3,(H,44,54)(H,45,51)(H,48,53)/t29-,30-,33+,36-,43-/m1/s1. The third-order valence-electron chi connectivity index (χ3n) is 12.2. The van der Waals surface area contributed by atoms with Gasteiger partial charge in [0.15, 0.2) is 0 Å². The van der Waals surface area contributed by atoms with E-state index in [2.05, 4.69) is 27.5 Å². The minimum atomic E-state index is -3.89. The van der Waals surface area contributed by atoms with Gasteiger partial charge >= 0.3 is 6.09 Å². The number of aromatic nitrogens is 3. The van der Waals surface area contributed by atoms with E-state index >= 15 is 0 Å². The number of cyclic esters (lactones) is 1. The van der Waals surface area contributed by atoms with Crippen LogP contribution in [0.2, 0.25) is 0 Å². The van der Waals surface area contributed by atoms with E-state index in [1.165, 1.54) is 4.90 Å². The van der Waals surface area contributed by atoms with Gasteiger partial charge in [0.2, 0.25) is 21.8 Å². The van der Waals surface area contributed by atoms with Gasteiger partial charge in [-0.2, -0.15) is 15.0 Å². The van der Waals surface area contributed by atoms with Gasteiger partial charge in [-0.3, -0.25) is 19.1 Å². The van der Waals surface area contributed by atoms with Crippen molar-refractivity contribution >= 4 is 33.8 Å². The Morgan fingerprint density at radius 3 is 2.34 bits per heavy atom. The number of ether oxygens (including phenoxy) is 2. The molecular formula is C43H57N7O8S. The molecule has 4 amide bonds. The highest BCUT2D eigenvalue weighted by atomic mass is 32.2. The number of methoxy groups -OCH3 is 1. The van der Waals surface area contributed by atoms with Gasteiger partial charge in [0.05, 0.1) is 18.4 Å². The van der Waals surface area contributed by atoms with Crippen LogP contribution < -0.4 is 20.1 Å². The lowest BCUT2D eigenvalue weighted by Gasteiger charge is -2.36. The molecule has 5 atom stereocenters. The molecule has 4 aliphatic rings. The first-order valence-corrected chi connectivity index (χ1v) is 22.3. The van der Waals surface area contributed by atoms with Gasteiger partial charge in [-0.05, 0) is 106 Å². The molecule has 0 radical (unpaired) electrons. The van der Waals surface area contributed by atoms with Gasteiger partial charge in [-0.25, -0.2) is 13.2 Å². The number of aryl methyl sites for hydroxylation is 1. The summed E-state index contributed by atoms with van der Waals surface area (Å²) in [4.78, 5) is 59.8. The SMILES string of the molecule is CC[C@@H]1C[C@]1(NC(=O)[C@@H]1C[C@@H]2CN1C(=O)[C@H](C(C)(C)C)NC(=O)OC(C)(C)CCCCc1cccc(c1)-c1nn2nc1-c1ccc(OC)cc1)C(=O)NS(=O)(=O)C1CC1. The van der Waals surface area contributed by atoms with Crippen LogP contribution in [0.5, 0.6) is 5.75 Å². The van der Waals surface area contributed by atoms with E-state index in [-0.39, 0.29) is 25.3 Å². The number of carbonyl (C=O) groups excluding carboxylic acids is 4. The predicted octanol–water partition coefficient (Wildman–Crippen LogP) is 5.30. The Bertz CT molecular complexity index is 2210. The first-order chi connectivity index (χ1) is 27.8. The average Bonchev–Trinajstić information content (AvgIpc) is 4.07. The molecule has 2 aliphatic carbocycles. The van der Waals surface area contributed by atoms with Crippen molar-refractivity contribution in [1.29, 1.82) is 0 Å². The molecule has 6 bridgehead atoms. The number of alkyl carbamates (subject to hydrolysis) is 1. The summed E-state index contributed by atoms with van der Waals surface area (Å²) in [5, 5.41) is 15.2. The van der Waals surface area contributed by atoms with Crippen molar-refractivity contribution < 1.29 is 37.1 Å². The van der Waals surface area contributed by atoms with Crippen molar-refractivity contribution in [2.24, 2.45) is 11.3 Å². The predicted molar refractivity (Wildman–Crippen MR) is 220 cm³/mol. The number of sulfonamides is 1. The van der Waals surface area contributed by atoms with E-state index in [4.69, 9.17) is 19.7 Å². The summed E-state index contributed by atoms with van der Waals surface area (Å²) in [7, 11) is -2.28. The second kappa shape index (κ2) is 15.9. The Morgan fingerprint density at radius 2 is 1.71 bits per heavy atom. The Hall–Kier alpha value is -4.99. The van der Waals surface area contributed by atoms with E-state index in [1.54, 1.807) is 11.9 Å². The minimum absolute atomic E-state index is 0.00833. The topological polar surface area (TPSA) is 191 Å². The number of amides is 4. The highest BCUT2D eigenvalue weighted by Gasteiger charge is 2.62. The Labute approximate surface area is 346 Å². The van der Waals surface area contributed by atoms with Gasteiger partial charge in [-0.1, -0.05) is 52.3 Å². The zero-order chi connectivity index (χ0) is 42.5. The molecule has 15 nitrogen and oxygen atoms in total. The summed E-state index contributed by atoms with van der Waals surface area (Å²) in [6, 6.07) is 12.9. The number of hydrogen-bond acceptors (Lipinski definition) is 10. The number of nitrogens with one attached hydrogen (secondary N) is 3. The highest BCUT2D eigenvalue weighted by molar-refractivity contribution is 7.91. The van der Waals surface area contributed by atoms with E-state index in [0.717, 1.165) is 36.0 Å². The van der Waals surface area contributed by atoms with Crippen LogP contribution in [0, 0.1) is 11.3 Å². The fraction of sp³-hybridized carbons (Fsp3) is 0.581. The first-order valence-electron chi connectivity index (χ1n) is 20.7. The van der Waals surface area contributed by atoms with Crippen LogP contribution in [0.4, 0.5) is 4.79 Å². The number of rotatable bonds is 8. The second-order valence-corrected chi connectivity index (χ2v) is 20.2. The largest absolute Gasteiger partial charge is 0.497 e. The second-order valence-electron chi connectivity index (χ2n) is 18.3. The Morgan fingerprint density at radius 1 is 1.02 bits per heavy atom. The van der Waals surface area contributed by atoms with Gasteiger partial charge in [0.1, 0.15) is 40.4 Å². The third-order valence-corrected chi connectivity index (χ3v) is 14.0. The van der Waals surface area contributed by atoms with Crippen LogP contribution in [0.25, 0.3) is 22.5 Å². The van der Waals surface area contributed by atoms with Crippen molar-refractivity contribution in [2.45, 2.75) is 134 Å². The summed E-state index contributed by atoms with van der Waals surface area (Å²) < 4.78 is 39.3. The normalized spacial score (nSPS) is 26.1. The molecular weight excluding hydrogens is 775 g/mol. The highest BCUT2D eigenvalue weighted by Crippen LogP contribution is 2.47. The average molecular weight is 832 g/mol. The molecule has 59 heavy (non-hydrogen) atoms. The number of benzene rings is 2. The van der Waals surface area contributed by atoms with Gasteiger partial charge in [0.25, 0.3) is 5.91 Å². The van der Waals surface area contributed by atoms with Gasteiger partial charge in [-0.15, -0.1) is 0 Å². The zero-order valence-corrected chi connectivity index (χ0v) is 35.9. The molecule has 2 aliphatic heterocycles. The van der Waals surface area contributed by atoms with E-state index < -0.39 is 73.8 Å². The monoisotopic (exact) mass is 831 g/mol. The summed E-state index contributed by atoms with van der Waals surface area (Å²) in [6.45, 7) is 11.1. The Kier molecular flexibility index (Phi) is 11.3. The first kappa shape index (κ1) is 42.1. The lowest BCUT2D eigenvalue weighted by atomic mass is 9.85. The minimum Gasteiger partial charge on any atom is -0.497 e. The van der Waals surface area contributed by atoms with E-state index in [1.807, 2.05) is 77.9 Å². The van der Waals surface area contributed by atoms with E-state index in [9.17, 15) is 27.6 Å². The molecule has 2 aromatic carbocycles. The van der Waals surface area contributed by atoms with Crippen LogP contribution in [-0.4, -0.2) is 94.3 Å². The van der Waals surface area contributed by atoms with Crippen LogP contribution >= 0.6 is 0 Å². The third kappa shape index (κ3) is 8.97. The molecule has 7 rings (SSSR count). The molecule has 2 saturated carbocycles. The summed E-state index contributed by atoms with van der Waals surface area (Å²) in [5.41, 5.74) is 0.918. The molecule has 3 heterocycles. The van der Waals surface area contributed by atoms with E-state index in [0.29, 0.717) is 42.8 Å². The number of fused-ring (bicyclic) bond motifs is 8. The van der Waals surface area contributed by atoms with Crippen molar-refractivity contribution in [1.82, 2.24) is 35.2 Å². The maximum absolute atomic E-state index is 14.9. The van der Waals surface area contributed by atoms with Crippen LogP contribution in [0.1, 0.15) is 105 Å². The molecule has 0 spiro atoms. The molecule has 3 fully saturated rings. The quantitative estimate of drug-likeness (QED) is 0.269. The molecule has 3 N–H and O–H groups in total. The van der Waals surface area contributed by atoms with Gasteiger partial charge in [0, 0.05) is 24.1 Å². The summed E-state index contributed by atoms with van der Waals surface area (Å²) in [5.74, 6) is -1.50. The molecule has 16 heteroatoms. The van der Waals surface area contributed by atoms with Crippen LogP contribution in [0.3, 0.4) is 0 Å². The summed E-state index contributed by atoms with van der Waals surface area (Å²) in [6.07, 6.45) is 4.10. The van der Waals surface area contributed by atoms with Crippen LogP contribution in [-0.2, 0) is 35.6 Å². The fourth-order valence-electron chi connectivity index (χ4n) is 8.41. The van der Waals surface area contributed by atoms with Crippen molar-refractivity contribution in [3.8, 4) is 28.3 Å². The maximum atomic E-state index is 14.9. The molecule has 1 saturated heterocycles. The molecule has 3 aromatic rings. The number of nitrogens with zero attached hydrogens (tertiary/aromatic N) is 4. The Balaban J connectivity index is 1.30. The zero-order valence-electron chi connectivity index (χ0n) is 35.0. The van der Waals surface area contributed by atoms with Gasteiger partial charge < -0.3 is 25.0 Å². The lowest BCUT2D eigenvalue weighted by Crippen LogP contribution is -2.60. The smallest absolute Gasteiger partial charge is 0.408 e. The van der Waals surface area contributed by atoms with Crippen LogP contribution in [0.15, 0.2) is 48.5 Å². The number of carbonyl (C=O) groups is 4. The van der Waals surface area contributed by atoms with Crippen molar-refractivity contribution in [3.63, 3.8) is 0 Å². The van der Waals surface area contributed by atoms with Crippen molar-refractivity contribution in [2.75, 3.05) is 13.7 Å².